The third-order valence-corrected chi connectivity index (χ3v) is 6.84. The Morgan fingerprint density at radius 3 is 2.71 bits per heavy atom. The van der Waals surface area contributed by atoms with Gasteiger partial charge in [-0.1, -0.05) is 11.6 Å². The van der Waals surface area contributed by atoms with Gasteiger partial charge in [0.1, 0.15) is 0 Å². The zero-order valence-electron chi connectivity index (χ0n) is 11.4. The predicted octanol–water partition coefficient (Wildman–Crippen LogP) is 2.20. The van der Waals surface area contributed by atoms with E-state index in [9.17, 15) is 8.42 Å². The van der Waals surface area contributed by atoms with E-state index in [1.54, 1.807) is 0 Å². The lowest BCUT2D eigenvalue weighted by Gasteiger charge is -2.17. The molecular formula is C13H17BrClN3O2S. The van der Waals surface area contributed by atoms with Gasteiger partial charge >= 0.3 is 0 Å². The molecule has 0 radical (unpaired) electrons. The number of hydrogen-bond donors (Lipinski definition) is 2. The molecule has 3 N–H and O–H groups in total. The van der Waals surface area contributed by atoms with Crippen molar-refractivity contribution in [3.05, 3.63) is 21.6 Å². The largest absolute Gasteiger partial charge is 0.398 e. The van der Waals surface area contributed by atoms with E-state index in [0.29, 0.717) is 21.2 Å². The number of nitrogens with zero attached hydrogens (tertiary/aromatic N) is 1. The summed E-state index contributed by atoms with van der Waals surface area (Å²) in [5, 5.41) is 0.308. The van der Waals surface area contributed by atoms with Crippen molar-refractivity contribution in [2.24, 2.45) is 0 Å². The van der Waals surface area contributed by atoms with Crippen LogP contribution in [0.4, 0.5) is 5.69 Å². The van der Waals surface area contributed by atoms with E-state index in [-0.39, 0.29) is 10.9 Å². The quantitative estimate of drug-likeness (QED) is 0.768. The molecule has 1 saturated carbocycles. The van der Waals surface area contributed by atoms with E-state index in [2.05, 4.69) is 25.6 Å². The molecular weight excluding hydrogens is 378 g/mol. The molecule has 1 aliphatic heterocycles. The minimum absolute atomic E-state index is 0.0530. The van der Waals surface area contributed by atoms with Crippen molar-refractivity contribution >= 4 is 43.2 Å². The summed E-state index contributed by atoms with van der Waals surface area (Å²) in [5.41, 5.74) is 6.08. The normalized spacial score (nSPS) is 23.6. The van der Waals surface area contributed by atoms with Gasteiger partial charge in [-0.25, -0.2) is 13.1 Å². The average Bonchev–Trinajstić information content (AvgIpc) is 3.15. The summed E-state index contributed by atoms with van der Waals surface area (Å²) in [6.07, 6.45) is 3.30. The number of likely N-dealkylation sites (tertiary alicyclic amines) is 1. The number of nitrogens with one attached hydrogen (secondary N) is 1. The maximum Gasteiger partial charge on any atom is 0.242 e. The highest BCUT2D eigenvalue weighted by Gasteiger charge is 2.36. The highest BCUT2D eigenvalue weighted by molar-refractivity contribution is 9.10. The van der Waals surface area contributed by atoms with E-state index in [1.807, 2.05) is 0 Å². The SMILES string of the molecule is Nc1cc(Cl)cc(S(=O)(=O)NC2CCN(C3CC3)C2)c1Br. The molecule has 0 bridgehead atoms. The highest BCUT2D eigenvalue weighted by atomic mass is 79.9. The van der Waals surface area contributed by atoms with Crippen LogP contribution < -0.4 is 10.5 Å². The number of rotatable bonds is 4. The van der Waals surface area contributed by atoms with Gasteiger partial charge in [0, 0.05) is 35.9 Å². The molecule has 1 aromatic rings. The van der Waals surface area contributed by atoms with Gasteiger partial charge in [-0.2, -0.15) is 0 Å². The van der Waals surface area contributed by atoms with Crippen molar-refractivity contribution in [1.82, 2.24) is 9.62 Å². The Morgan fingerprint density at radius 1 is 1.33 bits per heavy atom. The van der Waals surface area contributed by atoms with Gasteiger partial charge in [-0.15, -0.1) is 0 Å². The molecule has 1 saturated heterocycles. The van der Waals surface area contributed by atoms with Crippen LogP contribution in [0.1, 0.15) is 19.3 Å². The van der Waals surface area contributed by atoms with E-state index >= 15 is 0 Å². The Balaban J connectivity index is 1.78. The Morgan fingerprint density at radius 2 is 2.05 bits per heavy atom. The molecule has 1 aromatic carbocycles. The number of nitrogen functional groups attached to an aromatic ring is 1. The van der Waals surface area contributed by atoms with E-state index in [0.717, 1.165) is 19.5 Å². The molecule has 1 aliphatic carbocycles. The Bertz CT molecular complexity index is 664. The van der Waals surface area contributed by atoms with E-state index < -0.39 is 10.0 Å². The first-order valence-corrected chi connectivity index (χ1v) is 9.53. The molecule has 0 amide bonds. The van der Waals surface area contributed by atoms with E-state index in [4.69, 9.17) is 17.3 Å². The van der Waals surface area contributed by atoms with Crippen molar-refractivity contribution in [2.45, 2.75) is 36.2 Å². The van der Waals surface area contributed by atoms with Gasteiger partial charge in [0.05, 0.1) is 9.37 Å². The van der Waals surface area contributed by atoms with Crippen molar-refractivity contribution in [3.8, 4) is 0 Å². The molecule has 3 rings (SSSR count). The second-order valence-electron chi connectivity index (χ2n) is 5.64. The van der Waals surface area contributed by atoms with E-state index in [1.165, 1.54) is 25.0 Å². The number of anilines is 1. The smallest absolute Gasteiger partial charge is 0.242 e. The summed E-state index contributed by atoms with van der Waals surface area (Å²) in [4.78, 5) is 2.45. The molecule has 116 valence electrons. The predicted molar refractivity (Wildman–Crippen MR) is 86.9 cm³/mol. The molecule has 2 fully saturated rings. The molecule has 21 heavy (non-hydrogen) atoms. The minimum Gasteiger partial charge on any atom is -0.398 e. The monoisotopic (exact) mass is 393 g/mol. The first kappa shape index (κ1) is 15.6. The van der Waals surface area contributed by atoms with Gasteiger partial charge in [0.2, 0.25) is 10.0 Å². The van der Waals surface area contributed by atoms with Gasteiger partial charge < -0.3 is 5.73 Å². The molecule has 8 heteroatoms. The molecule has 5 nitrogen and oxygen atoms in total. The van der Waals surface area contributed by atoms with Crippen LogP contribution in [0.3, 0.4) is 0 Å². The standard InChI is InChI=1S/C13H17BrClN3O2S/c14-13-11(16)5-8(15)6-12(13)21(19,20)17-9-3-4-18(7-9)10-1-2-10/h5-6,9-10,17H,1-4,7,16H2. The minimum atomic E-state index is -3.64. The number of benzene rings is 1. The second kappa shape index (κ2) is 5.70. The van der Waals surface area contributed by atoms with Crippen LogP contribution in [0.25, 0.3) is 0 Å². The number of halogens is 2. The second-order valence-corrected chi connectivity index (χ2v) is 8.55. The fraction of sp³-hybridized carbons (Fsp3) is 0.538. The number of sulfonamides is 1. The fourth-order valence-electron chi connectivity index (χ4n) is 2.72. The fourth-order valence-corrected chi connectivity index (χ4v) is 5.27. The topological polar surface area (TPSA) is 75.4 Å². The number of nitrogens with two attached hydrogens (primary N) is 1. The van der Waals surface area contributed by atoms with Crippen molar-refractivity contribution in [3.63, 3.8) is 0 Å². The summed E-state index contributed by atoms with van der Waals surface area (Å²) in [6.45, 7) is 1.73. The lowest BCUT2D eigenvalue weighted by atomic mass is 10.3. The Kier molecular flexibility index (Phi) is 4.22. The summed E-state index contributed by atoms with van der Waals surface area (Å²) < 4.78 is 28.2. The highest BCUT2D eigenvalue weighted by Crippen LogP contribution is 2.33. The summed E-state index contributed by atoms with van der Waals surface area (Å²) in [5.74, 6) is 0. The van der Waals surface area contributed by atoms with Crippen LogP contribution in [0.15, 0.2) is 21.5 Å². The average molecular weight is 395 g/mol. The van der Waals surface area contributed by atoms with Crippen molar-refractivity contribution in [2.75, 3.05) is 18.8 Å². The summed E-state index contributed by atoms with van der Waals surface area (Å²) in [6, 6.07) is 3.54. The maximum absolute atomic E-state index is 12.5. The molecule has 1 heterocycles. The van der Waals surface area contributed by atoms with Crippen molar-refractivity contribution < 1.29 is 8.42 Å². The first-order valence-electron chi connectivity index (χ1n) is 6.88. The lowest BCUT2D eigenvalue weighted by Crippen LogP contribution is -2.37. The van der Waals surface area contributed by atoms with Crippen LogP contribution >= 0.6 is 27.5 Å². The zero-order chi connectivity index (χ0) is 15.2. The maximum atomic E-state index is 12.5. The molecule has 2 aliphatic rings. The van der Waals surface area contributed by atoms with Crippen LogP contribution in [0, 0.1) is 0 Å². The first-order chi connectivity index (χ1) is 9.87. The Hall–Kier alpha value is -0.340. The van der Waals surface area contributed by atoms with Crippen LogP contribution in [-0.4, -0.2) is 38.5 Å². The zero-order valence-corrected chi connectivity index (χ0v) is 14.5. The molecule has 1 atom stereocenters. The third kappa shape index (κ3) is 3.37. The van der Waals surface area contributed by atoms with Crippen LogP contribution in [-0.2, 0) is 10.0 Å². The number of hydrogen-bond acceptors (Lipinski definition) is 4. The molecule has 1 unspecified atom stereocenters. The lowest BCUT2D eigenvalue weighted by molar-refractivity contribution is 0.322. The van der Waals surface area contributed by atoms with Gasteiger partial charge in [0.25, 0.3) is 0 Å². The third-order valence-electron chi connectivity index (χ3n) is 3.93. The Labute approximate surface area is 138 Å². The van der Waals surface area contributed by atoms with Gasteiger partial charge in [-0.05, 0) is 47.3 Å². The van der Waals surface area contributed by atoms with Crippen LogP contribution in [0.5, 0.6) is 0 Å². The summed E-state index contributed by atoms with van der Waals surface area (Å²) in [7, 11) is -3.64. The van der Waals surface area contributed by atoms with Gasteiger partial charge in [0.15, 0.2) is 0 Å². The summed E-state index contributed by atoms with van der Waals surface area (Å²) >= 11 is 9.15. The molecule has 0 aromatic heterocycles. The van der Waals surface area contributed by atoms with Gasteiger partial charge in [-0.3, -0.25) is 4.90 Å². The van der Waals surface area contributed by atoms with Crippen molar-refractivity contribution in [1.29, 1.82) is 0 Å². The van der Waals surface area contributed by atoms with Crippen LogP contribution in [0.2, 0.25) is 5.02 Å². The molecule has 0 spiro atoms.